The van der Waals surface area contributed by atoms with Gasteiger partial charge in [-0.1, -0.05) is 12.1 Å². The fourth-order valence-electron chi connectivity index (χ4n) is 1.41. The molecule has 1 rings (SSSR count). The van der Waals surface area contributed by atoms with Crippen molar-refractivity contribution in [1.29, 1.82) is 0 Å². The van der Waals surface area contributed by atoms with Gasteiger partial charge in [-0.2, -0.15) is 13.2 Å². The van der Waals surface area contributed by atoms with E-state index in [0.29, 0.717) is 4.68 Å². The topological polar surface area (TPSA) is 100 Å². The quantitative estimate of drug-likeness (QED) is 0.801. The molecule has 0 saturated heterocycles. The number of carbonyl (C=O) groups is 2. The molecule has 1 atom stereocenters. The first kappa shape index (κ1) is 15.9. The molecule has 1 amide bonds. The van der Waals surface area contributed by atoms with Crippen molar-refractivity contribution < 1.29 is 27.5 Å². The van der Waals surface area contributed by atoms with Crippen molar-refractivity contribution in [2.75, 3.05) is 6.61 Å². The molecule has 1 aromatic rings. The zero-order valence-corrected chi connectivity index (χ0v) is 10.8. The molecule has 0 saturated carbocycles. The molecule has 0 fully saturated rings. The van der Waals surface area contributed by atoms with Crippen molar-refractivity contribution in [3.05, 3.63) is 11.4 Å². The number of primary amides is 1. The lowest BCUT2D eigenvalue weighted by Gasteiger charge is -2.12. The number of rotatable bonds is 5. The van der Waals surface area contributed by atoms with Gasteiger partial charge in [-0.15, -0.1) is 5.10 Å². The molecule has 0 aliphatic rings. The number of hydrogen-bond donors (Lipinski definition) is 1. The van der Waals surface area contributed by atoms with E-state index in [9.17, 15) is 22.8 Å². The van der Waals surface area contributed by atoms with E-state index in [1.54, 1.807) is 0 Å². The molecule has 1 heterocycles. The van der Waals surface area contributed by atoms with Gasteiger partial charge < -0.3 is 10.5 Å². The fourth-order valence-corrected chi connectivity index (χ4v) is 1.41. The number of esters is 1. The number of hydrogen-bond acceptors (Lipinski definition) is 5. The lowest BCUT2D eigenvalue weighted by molar-refractivity contribution is -0.145. The third-order valence-electron chi connectivity index (χ3n) is 2.40. The van der Waals surface area contributed by atoms with Gasteiger partial charge in [0, 0.05) is 0 Å². The average Bonchev–Trinajstić information content (AvgIpc) is 2.72. The highest BCUT2D eigenvalue weighted by molar-refractivity contribution is 5.88. The van der Waals surface area contributed by atoms with Crippen LogP contribution in [0.4, 0.5) is 13.2 Å². The Balaban J connectivity index is 3.20. The molecule has 0 aliphatic carbocycles. The summed E-state index contributed by atoms with van der Waals surface area (Å²) in [5.74, 6) is -2.91. The first-order valence-electron chi connectivity index (χ1n) is 5.65. The van der Waals surface area contributed by atoms with E-state index in [0.717, 1.165) is 0 Å². The molecule has 20 heavy (non-hydrogen) atoms. The molecule has 0 aliphatic heterocycles. The van der Waals surface area contributed by atoms with E-state index in [1.807, 2.05) is 0 Å². The van der Waals surface area contributed by atoms with Gasteiger partial charge in [0.1, 0.15) is 0 Å². The minimum Gasteiger partial charge on any atom is -0.461 e. The summed E-state index contributed by atoms with van der Waals surface area (Å²) in [6.45, 7) is 2.26. The predicted octanol–water partition coefficient (Wildman–Crippen LogP) is 0.595. The van der Waals surface area contributed by atoms with Crippen molar-refractivity contribution in [2.24, 2.45) is 11.7 Å². The van der Waals surface area contributed by atoms with E-state index in [-0.39, 0.29) is 6.61 Å². The molecule has 0 radical (unpaired) electrons. The number of nitrogens with two attached hydrogens (primary N) is 1. The van der Waals surface area contributed by atoms with Gasteiger partial charge in [-0.05, 0) is 6.92 Å². The summed E-state index contributed by atoms with van der Waals surface area (Å²) in [7, 11) is 0. The van der Waals surface area contributed by atoms with Crippen LogP contribution in [0.3, 0.4) is 0 Å². The van der Waals surface area contributed by atoms with Crippen LogP contribution in [0, 0.1) is 5.92 Å². The standard InChI is InChI=1S/C10H13F3N4O3/c1-3-20-9(19)6-7(10(11,12)13)17(16-15-6)4-5(2)8(14)18/h5H,3-4H2,1-2H3,(H2,14,18). The van der Waals surface area contributed by atoms with Crippen molar-refractivity contribution >= 4 is 11.9 Å². The maximum Gasteiger partial charge on any atom is 0.435 e. The van der Waals surface area contributed by atoms with Crippen LogP contribution in [0.5, 0.6) is 0 Å². The molecular formula is C10H13F3N4O3. The van der Waals surface area contributed by atoms with Crippen LogP contribution >= 0.6 is 0 Å². The minimum atomic E-state index is -4.86. The van der Waals surface area contributed by atoms with Gasteiger partial charge in [-0.25, -0.2) is 9.48 Å². The van der Waals surface area contributed by atoms with Gasteiger partial charge in [0.15, 0.2) is 5.69 Å². The molecule has 112 valence electrons. The molecule has 0 spiro atoms. The molecule has 2 N–H and O–H groups in total. The first-order chi connectivity index (χ1) is 9.18. The third-order valence-corrected chi connectivity index (χ3v) is 2.40. The van der Waals surface area contributed by atoms with Gasteiger partial charge in [0.05, 0.1) is 19.1 Å². The Hall–Kier alpha value is -2.13. The Morgan fingerprint density at radius 2 is 2.05 bits per heavy atom. The summed E-state index contributed by atoms with van der Waals surface area (Å²) in [5.41, 5.74) is 2.69. The average molecular weight is 294 g/mol. The number of carbonyl (C=O) groups excluding carboxylic acids is 2. The summed E-state index contributed by atoms with van der Waals surface area (Å²) in [4.78, 5) is 22.3. The van der Waals surface area contributed by atoms with Gasteiger partial charge >= 0.3 is 12.1 Å². The van der Waals surface area contributed by atoms with Crippen LogP contribution in [-0.2, 0) is 22.3 Å². The predicted molar refractivity (Wildman–Crippen MR) is 59.3 cm³/mol. The lowest BCUT2D eigenvalue weighted by atomic mass is 10.1. The largest absolute Gasteiger partial charge is 0.461 e. The van der Waals surface area contributed by atoms with E-state index in [2.05, 4.69) is 15.0 Å². The first-order valence-corrected chi connectivity index (χ1v) is 5.65. The van der Waals surface area contributed by atoms with Crippen molar-refractivity contribution in [3.63, 3.8) is 0 Å². The van der Waals surface area contributed by atoms with Crippen LogP contribution in [0.15, 0.2) is 0 Å². The second-order valence-electron chi connectivity index (χ2n) is 3.99. The Labute approximate surface area is 111 Å². The molecule has 7 nitrogen and oxygen atoms in total. The van der Waals surface area contributed by atoms with Gasteiger partial charge in [-0.3, -0.25) is 4.79 Å². The van der Waals surface area contributed by atoms with Crippen LogP contribution in [-0.4, -0.2) is 33.5 Å². The Kier molecular flexibility index (Phi) is 4.69. The van der Waals surface area contributed by atoms with Crippen molar-refractivity contribution in [3.8, 4) is 0 Å². The highest BCUT2D eigenvalue weighted by Gasteiger charge is 2.42. The maximum absolute atomic E-state index is 13.0. The number of aromatic nitrogens is 3. The van der Waals surface area contributed by atoms with Crippen molar-refractivity contribution in [1.82, 2.24) is 15.0 Å². The van der Waals surface area contributed by atoms with Crippen LogP contribution < -0.4 is 5.73 Å². The normalized spacial score (nSPS) is 13.1. The van der Waals surface area contributed by atoms with Crippen LogP contribution in [0.1, 0.15) is 30.0 Å². The van der Waals surface area contributed by atoms with Gasteiger partial charge in [0.25, 0.3) is 0 Å². The van der Waals surface area contributed by atoms with Gasteiger partial charge in [0.2, 0.25) is 11.6 Å². The fraction of sp³-hybridized carbons (Fsp3) is 0.600. The molecule has 1 aromatic heterocycles. The molecule has 10 heteroatoms. The molecule has 0 aromatic carbocycles. The van der Waals surface area contributed by atoms with Crippen molar-refractivity contribution in [2.45, 2.75) is 26.6 Å². The smallest absolute Gasteiger partial charge is 0.435 e. The van der Waals surface area contributed by atoms with Crippen LogP contribution in [0.2, 0.25) is 0 Å². The summed E-state index contributed by atoms with van der Waals surface area (Å²) in [5, 5.41) is 6.43. The number of nitrogens with zero attached hydrogens (tertiary/aromatic N) is 3. The summed E-state index contributed by atoms with van der Waals surface area (Å²) >= 11 is 0. The second-order valence-corrected chi connectivity index (χ2v) is 3.99. The molecule has 0 bridgehead atoms. The summed E-state index contributed by atoms with van der Waals surface area (Å²) < 4.78 is 43.8. The van der Waals surface area contributed by atoms with E-state index in [1.165, 1.54) is 13.8 Å². The Morgan fingerprint density at radius 1 is 1.45 bits per heavy atom. The Morgan fingerprint density at radius 3 is 2.50 bits per heavy atom. The third kappa shape index (κ3) is 3.45. The SMILES string of the molecule is CCOC(=O)c1nnn(CC(C)C(N)=O)c1C(F)(F)F. The number of alkyl halides is 3. The Bertz CT molecular complexity index is 512. The highest BCUT2D eigenvalue weighted by atomic mass is 19.4. The monoisotopic (exact) mass is 294 g/mol. The van der Waals surface area contributed by atoms with E-state index >= 15 is 0 Å². The number of ether oxygens (including phenoxy) is 1. The molecular weight excluding hydrogens is 281 g/mol. The summed E-state index contributed by atoms with van der Waals surface area (Å²) in [6, 6.07) is 0. The molecule has 1 unspecified atom stereocenters. The maximum atomic E-state index is 13.0. The summed E-state index contributed by atoms with van der Waals surface area (Å²) in [6.07, 6.45) is -4.86. The number of halogens is 3. The zero-order valence-electron chi connectivity index (χ0n) is 10.8. The van der Waals surface area contributed by atoms with Crippen LogP contribution in [0.25, 0.3) is 0 Å². The van der Waals surface area contributed by atoms with E-state index in [4.69, 9.17) is 5.73 Å². The highest BCUT2D eigenvalue weighted by Crippen LogP contribution is 2.31. The second kappa shape index (κ2) is 5.88. The zero-order chi connectivity index (χ0) is 15.5. The number of amides is 1. The minimum absolute atomic E-state index is 0.0965. The van der Waals surface area contributed by atoms with E-state index < -0.39 is 41.9 Å². The lowest BCUT2D eigenvalue weighted by Crippen LogP contribution is -2.28.